The van der Waals surface area contributed by atoms with Gasteiger partial charge in [0.2, 0.25) is 0 Å². The van der Waals surface area contributed by atoms with Crippen molar-refractivity contribution in [2.24, 2.45) is 20.5 Å². The molecule has 0 aliphatic rings. The van der Waals surface area contributed by atoms with Crippen molar-refractivity contribution in [3.63, 3.8) is 0 Å². The summed E-state index contributed by atoms with van der Waals surface area (Å²) >= 11 is 0. The third-order valence-corrected chi connectivity index (χ3v) is 6.49. The number of pyridine rings is 4. The Morgan fingerprint density at radius 3 is 1.34 bits per heavy atom. The van der Waals surface area contributed by atoms with Gasteiger partial charge in [-0.25, -0.2) is 9.97 Å². The number of carboxylic acid groups (broad SMARTS) is 2. The molecule has 4 heterocycles. The molecule has 47 heavy (non-hydrogen) atoms. The number of rotatable bonds is 6. The number of carbonyl (C=O) groups excluding carboxylic acids is 2. The number of hydrogen-bond acceptors (Lipinski definition) is 14. The average molecular weight is 671 g/mol. The third-order valence-electron chi connectivity index (χ3n) is 6.49. The van der Waals surface area contributed by atoms with Crippen molar-refractivity contribution >= 4 is 56.8 Å². The van der Waals surface area contributed by atoms with Gasteiger partial charge in [0.15, 0.2) is 11.6 Å². The van der Waals surface area contributed by atoms with Crippen LogP contribution in [0.25, 0.3) is 21.8 Å². The maximum absolute atomic E-state index is 12.0. The predicted octanol–water partition coefficient (Wildman–Crippen LogP) is 3.58. The maximum atomic E-state index is 12.0. The van der Waals surface area contributed by atoms with Crippen molar-refractivity contribution in [2.75, 3.05) is 0 Å². The van der Waals surface area contributed by atoms with Crippen LogP contribution in [-0.2, 0) is 16.5 Å². The summed E-state index contributed by atoms with van der Waals surface area (Å²) in [6.07, 6.45) is 3.17. The summed E-state index contributed by atoms with van der Waals surface area (Å²) < 4.78 is 0. The normalized spacial score (nSPS) is 10.9. The van der Waals surface area contributed by atoms with Crippen LogP contribution in [0.3, 0.4) is 0 Å². The van der Waals surface area contributed by atoms with Crippen molar-refractivity contribution in [1.82, 2.24) is 19.9 Å². The number of aromatic nitrogens is 4. The number of azo groups is 2. The molecule has 0 aliphatic heterocycles. The number of hydrogen-bond donors (Lipinski definition) is 0. The van der Waals surface area contributed by atoms with E-state index in [9.17, 15) is 30.0 Å². The fourth-order valence-corrected chi connectivity index (χ4v) is 4.23. The Kier molecular flexibility index (Phi) is 10.5. The van der Waals surface area contributed by atoms with E-state index in [-0.39, 0.29) is 61.3 Å². The van der Waals surface area contributed by atoms with Crippen molar-refractivity contribution in [3.8, 4) is 11.5 Å². The van der Waals surface area contributed by atoms with E-state index in [0.29, 0.717) is 34.0 Å². The Bertz CT molecular complexity index is 2010. The van der Waals surface area contributed by atoms with Gasteiger partial charge in [-0.05, 0) is 73.2 Å². The number of aromatic carboxylic acids is 2. The van der Waals surface area contributed by atoms with Gasteiger partial charge in [0, 0.05) is 51.4 Å². The summed E-state index contributed by atoms with van der Waals surface area (Å²) in [7, 11) is 0. The molecule has 0 N–H and O–H groups in total. The molecule has 0 radical (unpaired) electrons. The summed E-state index contributed by atoms with van der Waals surface area (Å²) in [6, 6.07) is 18.5. The first-order valence-electron chi connectivity index (χ1n) is 13.4. The van der Waals surface area contributed by atoms with Gasteiger partial charge in [0.25, 0.3) is 0 Å². The Morgan fingerprint density at radius 2 is 1.00 bits per heavy atom. The standard InChI is InChI=1S/2C16H12N4O3.Ni/c2*1-9-10(16(22)23)8-11-13(21)6-5-12(15(11)18-9)19-20-14-4-2-3-7-17-14;/h2*2-8,21H,1H3,(H,22,23);/p-4. The van der Waals surface area contributed by atoms with Gasteiger partial charge in [-0.15, -0.1) is 20.5 Å². The Hall–Kier alpha value is -6.21. The molecule has 238 valence electrons. The largest absolute Gasteiger partial charge is 0.872 e. The fourth-order valence-electron chi connectivity index (χ4n) is 4.23. The molecule has 0 amide bonds. The zero-order chi connectivity index (χ0) is 32.8. The second-order valence-electron chi connectivity index (χ2n) is 9.55. The van der Waals surface area contributed by atoms with E-state index in [0.717, 1.165) is 0 Å². The molecule has 4 aromatic heterocycles. The molecule has 0 saturated carbocycles. The molecule has 0 bridgehead atoms. The van der Waals surface area contributed by atoms with E-state index in [4.69, 9.17) is 0 Å². The van der Waals surface area contributed by atoms with Crippen LogP contribution in [0.15, 0.2) is 106 Å². The molecule has 0 aliphatic carbocycles. The molecular formula is C32H20N8NiO6-4. The van der Waals surface area contributed by atoms with E-state index in [1.807, 2.05) is 0 Å². The van der Waals surface area contributed by atoms with Crippen molar-refractivity contribution in [1.29, 1.82) is 0 Å². The number of carbonyl (C=O) groups is 2. The molecule has 0 saturated heterocycles. The van der Waals surface area contributed by atoms with Crippen molar-refractivity contribution in [2.45, 2.75) is 13.8 Å². The van der Waals surface area contributed by atoms with Crippen LogP contribution in [0.1, 0.15) is 32.1 Å². The molecular weight excluding hydrogens is 651 g/mol. The molecule has 6 rings (SSSR count). The summed E-state index contributed by atoms with van der Waals surface area (Å²) in [5.74, 6) is -2.61. The van der Waals surface area contributed by atoms with Gasteiger partial charge in [-0.1, -0.05) is 35.8 Å². The molecule has 6 aromatic rings. The SMILES string of the molecule is Cc1nc2c(N=Nc3ccccn3)ccc([O-])c2cc1C(=O)[O-].Cc1nc2c(N=Nc3ccccn3)ccc([O-])c2cc1C(=O)[O-].[Ni]. The van der Waals surface area contributed by atoms with Crippen LogP contribution in [0.2, 0.25) is 0 Å². The van der Waals surface area contributed by atoms with Crippen LogP contribution < -0.4 is 20.4 Å². The van der Waals surface area contributed by atoms with Crippen molar-refractivity contribution in [3.05, 3.63) is 108 Å². The first-order valence-corrected chi connectivity index (χ1v) is 13.4. The van der Waals surface area contributed by atoms with E-state index in [1.165, 1.54) is 50.2 Å². The van der Waals surface area contributed by atoms with E-state index >= 15 is 0 Å². The molecule has 0 unspecified atom stereocenters. The first-order chi connectivity index (χ1) is 22.1. The first kappa shape index (κ1) is 33.7. The molecule has 0 spiro atoms. The van der Waals surface area contributed by atoms with Crippen LogP contribution in [0, 0.1) is 13.8 Å². The van der Waals surface area contributed by atoms with Crippen LogP contribution >= 0.6 is 0 Å². The number of carboxylic acids is 2. The van der Waals surface area contributed by atoms with Gasteiger partial charge in [-0.3, -0.25) is 9.97 Å². The molecule has 15 heteroatoms. The number of nitrogens with zero attached hydrogens (tertiary/aromatic N) is 8. The smallest absolute Gasteiger partial charge is 0.174 e. The summed E-state index contributed by atoms with van der Waals surface area (Å²) in [5.41, 5.74) is 1.56. The maximum Gasteiger partial charge on any atom is 0.174 e. The monoisotopic (exact) mass is 670 g/mol. The second kappa shape index (κ2) is 14.7. The minimum absolute atomic E-state index is 0. The van der Waals surface area contributed by atoms with E-state index in [1.54, 1.807) is 48.8 Å². The minimum Gasteiger partial charge on any atom is -0.872 e. The van der Waals surface area contributed by atoms with E-state index < -0.39 is 11.9 Å². The van der Waals surface area contributed by atoms with Crippen molar-refractivity contribution < 1.29 is 46.5 Å². The summed E-state index contributed by atoms with van der Waals surface area (Å²) in [4.78, 5) is 38.5. The zero-order valence-corrected chi connectivity index (χ0v) is 25.4. The number of aryl methyl sites for hydroxylation is 2. The summed E-state index contributed by atoms with van der Waals surface area (Å²) in [5, 5.41) is 62.5. The van der Waals surface area contributed by atoms with Crippen LogP contribution in [-0.4, -0.2) is 31.9 Å². The fraction of sp³-hybridized carbons (Fsp3) is 0.0625. The Labute approximate surface area is 276 Å². The van der Waals surface area contributed by atoms with Crippen LogP contribution in [0.4, 0.5) is 23.0 Å². The quantitative estimate of drug-likeness (QED) is 0.185. The molecule has 0 atom stereocenters. The number of fused-ring (bicyclic) bond motifs is 2. The molecule has 2 aromatic carbocycles. The molecule has 14 nitrogen and oxygen atoms in total. The number of benzene rings is 2. The average Bonchev–Trinajstić information content (AvgIpc) is 3.05. The van der Waals surface area contributed by atoms with Gasteiger partial charge < -0.3 is 30.0 Å². The van der Waals surface area contributed by atoms with Gasteiger partial charge in [0.05, 0.1) is 23.0 Å². The Morgan fingerprint density at radius 1 is 0.596 bits per heavy atom. The van der Waals surface area contributed by atoms with Gasteiger partial charge in [0.1, 0.15) is 11.4 Å². The van der Waals surface area contributed by atoms with E-state index in [2.05, 4.69) is 40.4 Å². The van der Waals surface area contributed by atoms with Gasteiger partial charge in [-0.2, -0.15) is 0 Å². The summed E-state index contributed by atoms with van der Waals surface area (Å²) in [6.45, 7) is 3.06. The van der Waals surface area contributed by atoms with Gasteiger partial charge >= 0.3 is 0 Å². The third kappa shape index (κ3) is 7.72. The topological polar surface area (TPSA) is 227 Å². The minimum atomic E-state index is -1.38. The zero-order valence-electron chi connectivity index (χ0n) is 24.4. The van der Waals surface area contributed by atoms with Crippen LogP contribution in [0.5, 0.6) is 11.5 Å². The Balaban J connectivity index is 0.000000208. The predicted molar refractivity (Wildman–Crippen MR) is 157 cm³/mol. The molecule has 0 fully saturated rings. The second-order valence-corrected chi connectivity index (χ2v) is 9.55.